The van der Waals surface area contributed by atoms with Crippen LogP contribution in [0, 0.1) is 0 Å². The molecule has 0 saturated carbocycles. The van der Waals surface area contributed by atoms with Gasteiger partial charge in [-0.2, -0.15) is 0 Å². The van der Waals surface area contributed by atoms with Crippen LogP contribution in [-0.4, -0.2) is 77.8 Å². The summed E-state index contributed by atoms with van der Waals surface area (Å²) in [5.41, 5.74) is -0.246. The van der Waals surface area contributed by atoms with Gasteiger partial charge in [-0.25, -0.2) is 4.98 Å². The van der Waals surface area contributed by atoms with Crippen molar-refractivity contribution in [3.8, 4) is 0 Å². The van der Waals surface area contributed by atoms with E-state index < -0.39 is 0 Å². The fourth-order valence-corrected chi connectivity index (χ4v) is 2.63. The molecule has 7 heteroatoms. The van der Waals surface area contributed by atoms with E-state index >= 15 is 0 Å². The van der Waals surface area contributed by atoms with E-state index in [0.29, 0.717) is 6.61 Å². The lowest BCUT2D eigenvalue weighted by Crippen LogP contribution is -2.53. The zero-order valence-electron chi connectivity index (χ0n) is 13.8. The molecule has 2 heterocycles. The van der Waals surface area contributed by atoms with Gasteiger partial charge in [-0.15, -0.1) is 0 Å². The number of rotatable bonds is 6. The molecule has 1 saturated heterocycles. The smallest absolute Gasteiger partial charge is 0.248 e. The van der Waals surface area contributed by atoms with Crippen LogP contribution in [0.5, 0.6) is 0 Å². The van der Waals surface area contributed by atoms with E-state index in [0.717, 1.165) is 25.5 Å². The number of carbonyl (C=O) groups excluding carboxylic acids is 1. The van der Waals surface area contributed by atoms with Crippen LogP contribution < -0.4 is 0 Å². The molecule has 1 aliphatic heterocycles. The molecule has 22 heavy (non-hydrogen) atoms. The van der Waals surface area contributed by atoms with E-state index in [4.69, 9.17) is 9.47 Å². The van der Waals surface area contributed by atoms with Crippen molar-refractivity contribution in [1.29, 1.82) is 0 Å². The molecule has 0 aliphatic carbocycles. The number of nitrogens with one attached hydrogen (secondary N) is 1. The van der Waals surface area contributed by atoms with Crippen LogP contribution in [0.3, 0.4) is 0 Å². The predicted molar refractivity (Wildman–Crippen MR) is 82.3 cm³/mol. The van der Waals surface area contributed by atoms with Crippen molar-refractivity contribution < 1.29 is 14.3 Å². The first-order valence-corrected chi connectivity index (χ1v) is 7.52. The Morgan fingerprint density at radius 3 is 3.00 bits per heavy atom. The van der Waals surface area contributed by atoms with Crippen LogP contribution >= 0.6 is 0 Å². The summed E-state index contributed by atoms with van der Waals surface area (Å²) >= 11 is 0. The molecule has 1 N–H and O–H groups in total. The number of hydrogen-bond donors (Lipinski definition) is 1. The summed E-state index contributed by atoms with van der Waals surface area (Å²) in [5, 5.41) is 0. The topological polar surface area (TPSA) is 70.7 Å². The summed E-state index contributed by atoms with van der Waals surface area (Å²) < 4.78 is 11.6. The van der Waals surface area contributed by atoms with Gasteiger partial charge >= 0.3 is 0 Å². The fraction of sp³-hybridized carbons (Fsp3) is 0.733. The molecule has 1 unspecified atom stereocenters. The van der Waals surface area contributed by atoms with Crippen LogP contribution in [0.15, 0.2) is 12.4 Å². The molecule has 124 valence electrons. The molecule has 1 aliphatic rings. The lowest BCUT2D eigenvalue weighted by Gasteiger charge is -2.42. The zero-order valence-corrected chi connectivity index (χ0v) is 13.8. The number of ether oxygens (including phenoxy) is 2. The van der Waals surface area contributed by atoms with Gasteiger partial charge in [0, 0.05) is 39.6 Å². The second-order valence-electron chi connectivity index (χ2n) is 6.51. The Morgan fingerprint density at radius 1 is 1.59 bits per heavy atom. The third-order valence-corrected chi connectivity index (χ3v) is 3.51. The first-order valence-electron chi connectivity index (χ1n) is 7.52. The molecule has 0 bridgehead atoms. The van der Waals surface area contributed by atoms with Crippen molar-refractivity contribution in [1.82, 2.24) is 19.8 Å². The Hall–Kier alpha value is -1.44. The zero-order chi connectivity index (χ0) is 16.2. The monoisotopic (exact) mass is 310 g/mol. The normalized spacial score (nSPS) is 21.7. The van der Waals surface area contributed by atoms with Crippen molar-refractivity contribution in [2.75, 3.05) is 40.4 Å². The minimum Gasteiger partial charge on any atom is -0.369 e. The van der Waals surface area contributed by atoms with E-state index in [9.17, 15) is 4.79 Å². The Morgan fingerprint density at radius 2 is 2.36 bits per heavy atom. The Kier molecular flexibility index (Phi) is 5.55. The number of amides is 1. The van der Waals surface area contributed by atoms with Gasteiger partial charge in [0.05, 0.1) is 24.9 Å². The summed E-state index contributed by atoms with van der Waals surface area (Å²) in [6.45, 7) is 7.00. The maximum absolute atomic E-state index is 11.5. The first kappa shape index (κ1) is 16.9. The van der Waals surface area contributed by atoms with Crippen LogP contribution in [0.25, 0.3) is 0 Å². The minimum absolute atomic E-state index is 0.0393. The van der Waals surface area contributed by atoms with Gasteiger partial charge in [0.15, 0.2) is 0 Å². The van der Waals surface area contributed by atoms with Crippen molar-refractivity contribution in [2.45, 2.75) is 32.1 Å². The predicted octanol–water partition coefficient (Wildman–Crippen LogP) is 0.494. The van der Waals surface area contributed by atoms with Gasteiger partial charge < -0.3 is 19.4 Å². The average Bonchev–Trinajstić information content (AvgIpc) is 2.89. The highest BCUT2D eigenvalue weighted by Crippen LogP contribution is 2.22. The Bertz CT molecular complexity index is 473. The Balaban J connectivity index is 1.84. The van der Waals surface area contributed by atoms with E-state index in [1.54, 1.807) is 20.3 Å². The highest BCUT2D eigenvalue weighted by Gasteiger charge is 2.33. The molecular formula is C15H26N4O3. The van der Waals surface area contributed by atoms with Crippen LogP contribution in [0.1, 0.15) is 19.7 Å². The lowest BCUT2D eigenvalue weighted by molar-refractivity contribution is -0.161. The van der Waals surface area contributed by atoms with E-state index in [2.05, 4.69) is 28.7 Å². The van der Waals surface area contributed by atoms with E-state index in [1.165, 1.54) is 4.90 Å². The molecule has 1 amide bonds. The molecular weight excluding hydrogens is 284 g/mol. The van der Waals surface area contributed by atoms with Gasteiger partial charge in [0.25, 0.3) is 0 Å². The summed E-state index contributed by atoms with van der Waals surface area (Å²) in [7, 11) is 3.44. The summed E-state index contributed by atoms with van der Waals surface area (Å²) in [6.07, 6.45) is 3.54. The summed E-state index contributed by atoms with van der Waals surface area (Å²) in [5.74, 6) is 0.905. The average molecular weight is 310 g/mol. The number of aromatic nitrogens is 2. The van der Waals surface area contributed by atoms with Crippen LogP contribution in [0.4, 0.5) is 0 Å². The number of imidazole rings is 1. The van der Waals surface area contributed by atoms with Gasteiger partial charge in [-0.1, -0.05) is 0 Å². The Labute approximate surface area is 131 Å². The van der Waals surface area contributed by atoms with Gasteiger partial charge in [0.2, 0.25) is 5.91 Å². The summed E-state index contributed by atoms with van der Waals surface area (Å²) in [4.78, 5) is 22.7. The molecule has 0 radical (unpaired) electrons. The largest absolute Gasteiger partial charge is 0.369 e. The SMILES string of the molecule is CN(C)C(=O)COCC1CN(Cc2ncc[nH]2)CC(C)(C)O1. The molecule has 2 rings (SSSR count). The number of nitrogens with zero attached hydrogens (tertiary/aromatic N) is 3. The van der Waals surface area contributed by atoms with E-state index in [1.807, 2.05) is 6.20 Å². The highest BCUT2D eigenvalue weighted by atomic mass is 16.5. The van der Waals surface area contributed by atoms with Crippen LogP contribution in [-0.2, 0) is 20.8 Å². The second kappa shape index (κ2) is 7.21. The van der Waals surface area contributed by atoms with Crippen molar-refractivity contribution in [3.63, 3.8) is 0 Å². The van der Waals surface area contributed by atoms with Gasteiger partial charge in [-0.05, 0) is 13.8 Å². The third-order valence-electron chi connectivity index (χ3n) is 3.51. The van der Waals surface area contributed by atoms with Gasteiger partial charge in [0.1, 0.15) is 12.4 Å². The second-order valence-corrected chi connectivity index (χ2v) is 6.51. The number of likely N-dealkylation sites (N-methyl/N-ethyl adjacent to an activating group) is 1. The van der Waals surface area contributed by atoms with Crippen molar-refractivity contribution >= 4 is 5.91 Å². The quantitative estimate of drug-likeness (QED) is 0.828. The maximum Gasteiger partial charge on any atom is 0.248 e. The molecule has 0 aromatic carbocycles. The van der Waals surface area contributed by atoms with Crippen molar-refractivity contribution in [2.24, 2.45) is 0 Å². The molecule has 1 aromatic heterocycles. The van der Waals surface area contributed by atoms with E-state index in [-0.39, 0.29) is 24.2 Å². The van der Waals surface area contributed by atoms with Crippen molar-refractivity contribution in [3.05, 3.63) is 18.2 Å². The number of carbonyl (C=O) groups is 1. The molecule has 1 fully saturated rings. The third kappa shape index (κ3) is 5.08. The molecule has 7 nitrogen and oxygen atoms in total. The van der Waals surface area contributed by atoms with Gasteiger partial charge in [-0.3, -0.25) is 9.69 Å². The number of morpholine rings is 1. The molecule has 0 spiro atoms. The number of hydrogen-bond acceptors (Lipinski definition) is 5. The minimum atomic E-state index is -0.246. The fourth-order valence-electron chi connectivity index (χ4n) is 2.63. The number of aromatic amines is 1. The standard InChI is InChI=1S/C15H26N4O3/c1-15(2)11-19(8-13-16-5-6-17-13)7-12(22-15)9-21-10-14(20)18(3)4/h5-6,12H,7-11H2,1-4H3,(H,16,17). The molecule has 1 aromatic rings. The lowest BCUT2D eigenvalue weighted by atomic mass is 10.1. The van der Waals surface area contributed by atoms with Crippen LogP contribution in [0.2, 0.25) is 0 Å². The highest BCUT2D eigenvalue weighted by molar-refractivity contribution is 5.76. The maximum atomic E-state index is 11.5. The summed E-state index contributed by atoms with van der Waals surface area (Å²) in [6, 6.07) is 0. The first-order chi connectivity index (χ1) is 10.4. The molecule has 1 atom stereocenters. The number of H-pyrrole nitrogens is 1.